The molecule has 0 bridgehead atoms. The van der Waals surface area contributed by atoms with Gasteiger partial charge in [-0.15, -0.1) is 11.3 Å². The van der Waals surface area contributed by atoms with E-state index >= 15 is 0 Å². The Kier molecular flexibility index (Phi) is 3.87. The molecule has 6 heteroatoms. The largest absolute Gasteiger partial charge is 0.493 e. The molecule has 0 amide bonds. The molecular weight excluding hydrogens is 288 g/mol. The summed E-state index contributed by atoms with van der Waals surface area (Å²) >= 11 is 1.56. The number of benzene rings is 1. The summed E-state index contributed by atoms with van der Waals surface area (Å²) in [6, 6.07) is 9.46. The van der Waals surface area contributed by atoms with Crippen LogP contribution in [0.25, 0.3) is 22.2 Å². The van der Waals surface area contributed by atoms with E-state index in [1.165, 1.54) is 0 Å². The van der Waals surface area contributed by atoms with Crippen LogP contribution in [0.1, 0.15) is 6.92 Å². The molecule has 0 atom stereocenters. The number of ether oxygens (including phenoxy) is 2. The van der Waals surface area contributed by atoms with Crippen LogP contribution in [0, 0.1) is 0 Å². The zero-order valence-electron chi connectivity index (χ0n) is 11.7. The maximum absolute atomic E-state index is 5.56. The fourth-order valence-electron chi connectivity index (χ4n) is 1.93. The van der Waals surface area contributed by atoms with Crippen molar-refractivity contribution in [2.45, 2.75) is 6.92 Å². The molecule has 0 saturated carbocycles. The molecule has 5 nitrogen and oxygen atoms in total. The summed E-state index contributed by atoms with van der Waals surface area (Å²) in [6.07, 6.45) is 0. The minimum absolute atomic E-state index is 0.522. The number of aromatic nitrogens is 2. The van der Waals surface area contributed by atoms with E-state index in [0.29, 0.717) is 29.8 Å². The highest BCUT2D eigenvalue weighted by atomic mass is 32.1. The van der Waals surface area contributed by atoms with Gasteiger partial charge in [0.05, 0.1) is 18.6 Å². The summed E-state index contributed by atoms with van der Waals surface area (Å²) in [7, 11) is 1.61. The summed E-state index contributed by atoms with van der Waals surface area (Å²) < 4.78 is 16.1. The van der Waals surface area contributed by atoms with Gasteiger partial charge in [0.1, 0.15) is 0 Å². The first kappa shape index (κ1) is 13.6. The average molecular weight is 302 g/mol. The molecule has 21 heavy (non-hydrogen) atoms. The summed E-state index contributed by atoms with van der Waals surface area (Å²) in [4.78, 5) is 5.37. The van der Waals surface area contributed by atoms with Crippen molar-refractivity contribution in [3.63, 3.8) is 0 Å². The molecule has 3 rings (SSSR count). The maximum Gasteiger partial charge on any atom is 0.268 e. The Morgan fingerprint density at radius 1 is 1.24 bits per heavy atom. The van der Waals surface area contributed by atoms with Crippen molar-refractivity contribution in [3.05, 3.63) is 35.7 Å². The molecule has 0 spiro atoms. The summed E-state index contributed by atoms with van der Waals surface area (Å²) in [6.45, 7) is 2.49. The van der Waals surface area contributed by atoms with Gasteiger partial charge in [0, 0.05) is 5.56 Å². The van der Waals surface area contributed by atoms with Crippen LogP contribution in [0.4, 0.5) is 0 Å². The number of nitrogens with zero attached hydrogens (tertiary/aromatic N) is 2. The molecule has 2 heterocycles. The Labute approximate surface area is 126 Å². The van der Waals surface area contributed by atoms with Crippen molar-refractivity contribution in [1.29, 1.82) is 0 Å². The molecule has 0 unspecified atom stereocenters. The SMILES string of the molecule is CCOc1cc(-c2noc(-c3cccs3)n2)ccc1OC. The normalized spacial score (nSPS) is 10.6. The molecule has 3 aromatic rings. The van der Waals surface area contributed by atoms with Crippen LogP contribution in [0.15, 0.2) is 40.2 Å². The first-order chi connectivity index (χ1) is 10.3. The second-order valence-corrected chi connectivity index (χ2v) is 5.15. The second-order valence-electron chi connectivity index (χ2n) is 4.20. The van der Waals surface area contributed by atoms with E-state index in [2.05, 4.69) is 10.1 Å². The van der Waals surface area contributed by atoms with Crippen LogP contribution in [0.3, 0.4) is 0 Å². The molecule has 0 saturated heterocycles. The predicted octanol–water partition coefficient (Wildman–Crippen LogP) is 3.87. The van der Waals surface area contributed by atoms with E-state index in [1.807, 2.05) is 42.6 Å². The van der Waals surface area contributed by atoms with Gasteiger partial charge in [0.25, 0.3) is 5.89 Å². The number of thiophene rings is 1. The van der Waals surface area contributed by atoms with Crippen molar-refractivity contribution in [2.75, 3.05) is 13.7 Å². The third-order valence-corrected chi connectivity index (χ3v) is 3.74. The van der Waals surface area contributed by atoms with E-state index in [-0.39, 0.29) is 0 Å². The molecule has 0 N–H and O–H groups in total. The van der Waals surface area contributed by atoms with E-state index in [9.17, 15) is 0 Å². The molecule has 0 radical (unpaired) electrons. The number of rotatable bonds is 5. The number of methoxy groups -OCH3 is 1. The zero-order valence-corrected chi connectivity index (χ0v) is 12.5. The number of hydrogen-bond donors (Lipinski definition) is 0. The van der Waals surface area contributed by atoms with Crippen molar-refractivity contribution < 1.29 is 14.0 Å². The van der Waals surface area contributed by atoms with Gasteiger partial charge in [-0.1, -0.05) is 11.2 Å². The van der Waals surface area contributed by atoms with Crippen LogP contribution in [0.5, 0.6) is 11.5 Å². The van der Waals surface area contributed by atoms with E-state index in [4.69, 9.17) is 14.0 Å². The third-order valence-electron chi connectivity index (χ3n) is 2.88. The minimum Gasteiger partial charge on any atom is -0.493 e. The predicted molar refractivity (Wildman–Crippen MR) is 80.8 cm³/mol. The molecule has 1 aromatic carbocycles. The molecular formula is C15H14N2O3S. The van der Waals surface area contributed by atoms with Crippen LogP contribution in [0.2, 0.25) is 0 Å². The Hall–Kier alpha value is -2.34. The Morgan fingerprint density at radius 2 is 2.14 bits per heavy atom. The summed E-state index contributed by atoms with van der Waals surface area (Å²) in [5, 5.41) is 6.00. The molecule has 0 aliphatic carbocycles. The Balaban J connectivity index is 1.95. The van der Waals surface area contributed by atoms with Gasteiger partial charge >= 0.3 is 0 Å². The van der Waals surface area contributed by atoms with E-state index in [1.54, 1.807) is 18.4 Å². The lowest BCUT2D eigenvalue weighted by atomic mass is 10.2. The van der Waals surface area contributed by atoms with Crippen LogP contribution < -0.4 is 9.47 Å². The molecule has 0 aliphatic rings. The summed E-state index contributed by atoms with van der Waals surface area (Å²) in [5.74, 6) is 2.40. The van der Waals surface area contributed by atoms with E-state index < -0.39 is 0 Å². The molecule has 0 aliphatic heterocycles. The molecule has 108 valence electrons. The Morgan fingerprint density at radius 3 is 2.86 bits per heavy atom. The first-order valence-electron chi connectivity index (χ1n) is 6.50. The van der Waals surface area contributed by atoms with Crippen LogP contribution >= 0.6 is 11.3 Å². The molecule has 2 aromatic heterocycles. The van der Waals surface area contributed by atoms with Gasteiger partial charge in [-0.25, -0.2) is 0 Å². The fraction of sp³-hybridized carbons (Fsp3) is 0.200. The van der Waals surface area contributed by atoms with Crippen LogP contribution in [-0.2, 0) is 0 Å². The van der Waals surface area contributed by atoms with Gasteiger partial charge in [0.15, 0.2) is 11.5 Å². The average Bonchev–Trinajstić information content (AvgIpc) is 3.18. The highest BCUT2D eigenvalue weighted by Crippen LogP contribution is 2.32. The molecule has 0 fully saturated rings. The number of hydrogen-bond acceptors (Lipinski definition) is 6. The van der Waals surface area contributed by atoms with Gasteiger partial charge < -0.3 is 14.0 Å². The highest BCUT2D eigenvalue weighted by molar-refractivity contribution is 7.13. The Bertz CT molecular complexity index is 722. The summed E-state index contributed by atoms with van der Waals surface area (Å²) in [5.41, 5.74) is 0.825. The minimum atomic E-state index is 0.522. The lowest BCUT2D eigenvalue weighted by Gasteiger charge is -2.09. The fourth-order valence-corrected chi connectivity index (χ4v) is 2.57. The monoisotopic (exact) mass is 302 g/mol. The van der Waals surface area contributed by atoms with Crippen molar-refractivity contribution in [2.24, 2.45) is 0 Å². The first-order valence-corrected chi connectivity index (χ1v) is 7.38. The van der Waals surface area contributed by atoms with Crippen molar-refractivity contribution in [3.8, 4) is 33.7 Å². The van der Waals surface area contributed by atoms with E-state index in [0.717, 1.165) is 10.4 Å². The van der Waals surface area contributed by atoms with Gasteiger partial charge in [-0.05, 0) is 36.6 Å². The maximum atomic E-state index is 5.56. The lowest BCUT2D eigenvalue weighted by Crippen LogP contribution is -1.95. The zero-order chi connectivity index (χ0) is 14.7. The van der Waals surface area contributed by atoms with Gasteiger partial charge in [0.2, 0.25) is 5.82 Å². The second kappa shape index (κ2) is 5.97. The standard InChI is InChI=1S/C15H14N2O3S/c1-3-19-12-9-10(6-7-11(12)18-2)14-16-15(20-17-14)13-5-4-8-21-13/h4-9H,3H2,1-2H3. The van der Waals surface area contributed by atoms with Crippen molar-refractivity contribution in [1.82, 2.24) is 10.1 Å². The quantitative estimate of drug-likeness (QED) is 0.716. The lowest BCUT2D eigenvalue weighted by molar-refractivity contribution is 0.311. The third kappa shape index (κ3) is 2.75. The van der Waals surface area contributed by atoms with Gasteiger partial charge in [-0.2, -0.15) is 4.98 Å². The highest BCUT2D eigenvalue weighted by Gasteiger charge is 2.13. The van der Waals surface area contributed by atoms with Crippen LogP contribution in [-0.4, -0.2) is 23.9 Å². The topological polar surface area (TPSA) is 57.4 Å². The van der Waals surface area contributed by atoms with Gasteiger partial charge in [-0.3, -0.25) is 0 Å². The smallest absolute Gasteiger partial charge is 0.268 e. The van der Waals surface area contributed by atoms with Crippen molar-refractivity contribution >= 4 is 11.3 Å².